The van der Waals surface area contributed by atoms with Gasteiger partial charge in [0.05, 0.1) is 28.1 Å². The normalized spacial score (nSPS) is 18.8. The Morgan fingerprint density at radius 1 is 0.415 bits per heavy atom. The van der Waals surface area contributed by atoms with Gasteiger partial charge in [0.25, 0.3) is 0 Å². The van der Waals surface area contributed by atoms with Gasteiger partial charge in [-0.1, -0.05) is 197 Å². The third-order valence-corrected chi connectivity index (χ3v) is 21.6. The van der Waals surface area contributed by atoms with Gasteiger partial charge in [0, 0.05) is 44.2 Å². The van der Waals surface area contributed by atoms with Crippen LogP contribution in [0.1, 0.15) is 206 Å². The number of rotatable bonds is 4. The lowest BCUT2D eigenvalue weighted by molar-refractivity contribution is 0.331. The average Bonchev–Trinajstić information content (AvgIpc) is 3.86. The Morgan fingerprint density at radius 2 is 0.902 bits per heavy atom. The smallest absolute Gasteiger partial charge is 0.198 e. The van der Waals surface area contributed by atoms with E-state index in [-0.39, 0.29) is 43.3 Å². The molecule has 3 aliphatic carbocycles. The molecule has 0 saturated heterocycles. The Kier molecular flexibility index (Phi) is 11.0. The Balaban J connectivity index is 1.15. The molecule has 14 rings (SSSR count). The van der Waals surface area contributed by atoms with Crippen molar-refractivity contribution in [3.8, 4) is 27.9 Å². The van der Waals surface area contributed by atoms with Gasteiger partial charge >= 0.3 is 0 Å². The minimum absolute atomic E-state index is 0.0164. The van der Waals surface area contributed by atoms with Crippen molar-refractivity contribution in [2.24, 2.45) is 0 Å². The van der Waals surface area contributed by atoms with Crippen LogP contribution in [0.25, 0.3) is 49.7 Å². The molecule has 5 aliphatic rings. The van der Waals surface area contributed by atoms with Gasteiger partial charge in [-0.2, -0.15) is 0 Å². The molecule has 0 radical (unpaired) electrons. The van der Waals surface area contributed by atoms with Crippen molar-refractivity contribution in [3.63, 3.8) is 0 Å². The topological polar surface area (TPSA) is 20.2 Å². The lowest BCUT2D eigenvalue weighted by Crippen LogP contribution is -2.38. The summed E-state index contributed by atoms with van der Waals surface area (Å²) in [7, 11) is 0.815. The molecule has 3 nitrogen and oxygen atoms in total. The summed E-state index contributed by atoms with van der Waals surface area (Å²) in [5.41, 5.74) is 32.0. The molecule has 82 heavy (non-hydrogen) atoms. The van der Waals surface area contributed by atoms with E-state index in [9.17, 15) is 0 Å². The molecule has 1 aromatic heterocycles. The summed E-state index contributed by atoms with van der Waals surface area (Å²) >= 11 is 0. The van der Waals surface area contributed by atoms with Gasteiger partial charge in [-0.25, -0.2) is 0 Å². The minimum atomic E-state index is -0.249. The highest BCUT2D eigenvalue weighted by molar-refractivity contribution is 6.73. The van der Waals surface area contributed by atoms with Gasteiger partial charge in [-0.3, -0.25) is 0 Å². The Labute approximate surface area is 491 Å². The lowest BCUT2D eigenvalue weighted by Gasteiger charge is -2.42. The molecule has 0 spiro atoms. The van der Waals surface area contributed by atoms with Crippen LogP contribution in [0.5, 0.6) is 0 Å². The molecule has 0 bridgehead atoms. The molecule has 0 fully saturated rings. The van der Waals surface area contributed by atoms with E-state index >= 15 is 0 Å². The number of fused-ring (bicyclic) bond motifs is 12. The van der Waals surface area contributed by atoms with Crippen LogP contribution in [-0.4, -0.2) is 11.8 Å². The molecule has 8 aromatic carbocycles. The summed E-state index contributed by atoms with van der Waals surface area (Å²) in [4.78, 5) is 2.68. The maximum atomic E-state index is 4.21. The van der Waals surface area contributed by atoms with E-state index in [0.29, 0.717) is 0 Å². The first-order valence-corrected chi connectivity index (χ1v) is 31.0. The van der Waals surface area contributed by atoms with Crippen LogP contribution in [0, 0.1) is 0 Å². The molecular formula is C78H86BN3. The first-order valence-electron chi connectivity index (χ1n) is 31.0. The van der Waals surface area contributed by atoms with E-state index in [1.165, 1.54) is 146 Å². The molecule has 416 valence electrons. The van der Waals surface area contributed by atoms with Gasteiger partial charge in [0.15, 0.2) is 7.28 Å². The summed E-state index contributed by atoms with van der Waals surface area (Å²) < 4.78 is 2.74. The monoisotopic (exact) mass is 1080 g/mol. The number of benzene rings is 8. The van der Waals surface area contributed by atoms with E-state index < -0.39 is 0 Å². The zero-order chi connectivity index (χ0) is 58.0. The number of nitrogens with one attached hydrogen (secondary N) is 1. The van der Waals surface area contributed by atoms with Crippen molar-refractivity contribution in [2.75, 3.05) is 10.2 Å². The number of aromatic nitrogens is 1. The van der Waals surface area contributed by atoms with Crippen molar-refractivity contribution < 1.29 is 0 Å². The number of nitrogens with zero attached hydrogens (tertiary/aromatic N) is 2. The van der Waals surface area contributed by atoms with Crippen LogP contribution in [0.4, 0.5) is 28.4 Å². The Hall–Kier alpha value is -6.78. The molecule has 0 saturated carbocycles. The Morgan fingerprint density at radius 3 is 1.49 bits per heavy atom. The highest BCUT2D eigenvalue weighted by atomic mass is 15.2. The molecule has 1 N–H and O–H groups in total. The van der Waals surface area contributed by atoms with Gasteiger partial charge in [-0.15, -0.1) is 0 Å². The maximum absolute atomic E-state index is 4.21. The first-order chi connectivity index (χ1) is 38.4. The van der Waals surface area contributed by atoms with Crippen molar-refractivity contribution in [1.29, 1.82) is 0 Å². The predicted octanol–water partition coefficient (Wildman–Crippen LogP) is 19.6. The van der Waals surface area contributed by atoms with Crippen LogP contribution in [0.2, 0.25) is 0 Å². The molecule has 2 aliphatic heterocycles. The van der Waals surface area contributed by atoms with Gasteiger partial charge in [0.2, 0.25) is 0 Å². The van der Waals surface area contributed by atoms with Crippen LogP contribution in [0.3, 0.4) is 0 Å². The van der Waals surface area contributed by atoms with Crippen LogP contribution < -0.4 is 21.1 Å². The van der Waals surface area contributed by atoms with E-state index in [0.717, 1.165) is 31.5 Å². The van der Waals surface area contributed by atoms with Crippen molar-refractivity contribution >= 4 is 68.4 Å². The quantitative estimate of drug-likeness (QED) is 0.177. The standard InChI is InChI=1S/C78H86BN3/c1-71(2,3)45-27-30-47(31-28-45)80-62-41-49-48-38-57-59(75(11,12)35-33-73(57,7)8)43-56(48)78(17,18)55(49)39-50(62)51-42-67(81-63-25-21-19-23-53(63)77(15,16)54-24-20-22-26-64(54)81)68-52-40-58-60(76(13,14)36-34-74(58,9)10)44-66(52)82-65-32-29-46(72(4,5)6)37-61(65)79-69(51)70(68)82/h19-32,37-44,79-80H,33-36H2,1-18H3. The van der Waals surface area contributed by atoms with E-state index in [2.05, 4.69) is 273 Å². The third-order valence-electron chi connectivity index (χ3n) is 21.6. The fourth-order valence-corrected chi connectivity index (χ4v) is 16.1. The summed E-state index contributed by atoms with van der Waals surface area (Å²) in [6.07, 6.45) is 4.70. The van der Waals surface area contributed by atoms with E-state index in [1.807, 2.05) is 0 Å². The zero-order valence-corrected chi connectivity index (χ0v) is 52.6. The van der Waals surface area contributed by atoms with Gasteiger partial charge in [0.1, 0.15) is 0 Å². The zero-order valence-electron chi connectivity index (χ0n) is 52.6. The highest BCUT2D eigenvalue weighted by Crippen LogP contribution is 2.59. The predicted molar refractivity (Wildman–Crippen MR) is 355 cm³/mol. The summed E-state index contributed by atoms with van der Waals surface area (Å²) in [6.45, 7) is 43.8. The molecule has 4 heteroatoms. The summed E-state index contributed by atoms with van der Waals surface area (Å²) in [5.74, 6) is 0. The second-order valence-corrected chi connectivity index (χ2v) is 31.7. The largest absolute Gasteiger partial charge is 0.355 e. The van der Waals surface area contributed by atoms with Crippen LogP contribution >= 0.6 is 0 Å². The number of hydrogen-bond acceptors (Lipinski definition) is 2. The molecule has 0 amide bonds. The number of hydrogen-bond donors (Lipinski definition) is 1. The molecule has 3 heterocycles. The van der Waals surface area contributed by atoms with E-state index in [1.54, 1.807) is 0 Å². The summed E-state index contributed by atoms with van der Waals surface area (Å²) in [5, 5.41) is 6.89. The number of anilines is 5. The van der Waals surface area contributed by atoms with Crippen molar-refractivity contribution in [1.82, 2.24) is 4.57 Å². The molecular weight excluding hydrogens is 990 g/mol. The highest BCUT2D eigenvalue weighted by Gasteiger charge is 2.45. The van der Waals surface area contributed by atoms with Gasteiger partial charge in [-0.05, 0) is 203 Å². The number of para-hydroxylation sites is 2. The fraction of sp³-hybridized carbons (Fsp3) is 0.385. The fourth-order valence-electron chi connectivity index (χ4n) is 16.1. The van der Waals surface area contributed by atoms with E-state index in [4.69, 9.17) is 0 Å². The van der Waals surface area contributed by atoms with Crippen molar-refractivity contribution in [2.45, 2.75) is 194 Å². The second kappa shape index (κ2) is 17.0. The lowest BCUT2D eigenvalue weighted by atomic mass is 9.58. The van der Waals surface area contributed by atoms with Crippen molar-refractivity contribution in [3.05, 3.63) is 189 Å². The second-order valence-electron chi connectivity index (χ2n) is 31.7. The van der Waals surface area contributed by atoms with Crippen LogP contribution in [-0.2, 0) is 43.3 Å². The van der Waals surface area contributed by atoms with Gasteiger partial charge < -0.3 is 14.8 Å². The first kappa shape index (κ1) is 53.2. The maximum Gasteiger partial charge on any atom is 0.198 e. The SMILES string of the molecule is CC(C)(C)c1ccc(Nc2cc3c(cc2-c2cc(N4c5ccccc5C(C)(C)c5ccccc54)c4c5cc6c(cc5n5c4c2Bc2cc(C(C)(C)C)ccc2-5)C(C)(C)CCC6(C)C)C(C)(C)c2cc4c(cc2-3)C(C)(C)CCC4(C)C)cc1. The van der Waals surface area contributed by atoms with Crippen LogP contribution in [0.15, 0.2) is 133 Å². The molecule has 0 atom stereocenters. The third kappa shape index (κ3) is 7.60. The molecule has 0 unspecified atom stereocenters. The summed E-state index contributed by atoms with van der Waals surface area (Å²) in [6, 6.07) is 53.7. The average molecular weight is 1080 g/mol. The molecule has 9 aromatic rings. The Bertz CT molecular complexity index is 4180. The minimum Gasteiger partial charge on any atom is -0.355 e.